The molecule has 0 aromatic heterocycles. The van der Waals surface area contributed by atoms with Crippen LogP contribution in [0.4, 0.5) is 0 Å². The van der Waals surface area contributed by atoms with Gasteiger partial charge in [-0.1, -0.05) is 108 Å². The molecule has 0 unspecified atom stereocenters. The molecule has 1 aliphatic carbocycles. The first-order chi connectivity index (χ1) is 11.9. The van der Waals surface area contributed by atoms with E-state index in [0.717, 1.165) is 18.8 Å². The van der Waals surface area contributed by atoms with Crippen molar-refractivity contribution >= 4 is 0 Å². The molecule has 24 heavy (non-hydrogen) atoms. The smallest absolute Gasteiger partial charge is 0.0433 e. The molecule has 0 amide bonds. The van der Waals surface area contributed by atoms with E-state index in [4.69, 9.17) is 5.11 Å². The second-order valence-electron chi connectivity index (χ2n) is 7.93. The zero-order chi connectivity index (χ0) is 17.3. The summed E-state index contributed by atoms with van der Waals surface area (Å²) in [5.41, 5.74) is 1.68. The molecule has 1 rings (SSSR count). The second-order valence-corrected chi connectivity index (χ2v) is 7.93. The maximum absolute atomic E-state index is 8.78. The normalized spacial score (nSPS) is 18.4. The van der Waals surface area contributed by atoms with Crippen molar-refractivity contribution in [1.82, 2.24) is 0 Å². The largest absolute Gasteiger partial charge is 0.396 e. The Hall–Kier alpha value is -0.300. The zero-order valence-corrected chi connectivity index (χ0v) is 16.5. The maximum Gasteiger partial charge on any atom is 0.0433 e. The summed E-state index contributed by atoms with van der Waals surface area (Å²) < 4.78 is 0. The molecular weight excluding hydrogens is 292 g/mol. The fourth-order valence-electron chi connectivity index (χ4n) is 3.73. The molecule has 0 aliphatic heterocycles. The van der Waals surface area contributed by atoms with E-state index < -0.39 is 0 Å². The SMILES string of the molecule is CCCCCCCCCCCCCCCC[C@@H]1C/C1=C\CCCO. The fraction of sp³-hybridized carbons (Fsp3) is 0.913. The topological polar surface area (TPSA) is 20.2 Å². The quantitative estimate of drug-likeness (QED) is 0.202. The van der Waals surface area contributed by atoms with Crippen molar-refractivity contribution in [2.24, 2.45) is 5.92 Å². The molecule has 1 saturated carbocycles. The molecule has 142 valence electrons. The minimum atomic E-state index is 0.341. The first-order valence-corrected chi connectivity index (χ1v) is 11.2. The molecule has 0 aromatic carbocycles. The standard InChI is InChI=1S/C23H44O/c1-2-3-4-5-6-7-8-9-10-11-12-13-14-15-18-22-21-23(22)19-16-17-20-24/h19,22,24H,2-18,20-21H2,1H3/b23-19+/t22-/m1/s1. The Labute approximate surface area is 152 Å². The van der Waals surface area contributed by atoms with Gasteiger partial charge in [-0.25, -0.2) is 0 Å². The molecule has 0 radical (unpaired) electrons. The predicted octanol–water partition coefficient (Wildman–Crippen LogP) is 7.58. The average molecular weight is 337 g/mol. The van der Waals surface area contributed by atoms with E-state index in [9.17, 15) is 0 Å². The van der Waals surface area contributed by atoms with Crippen molar-refractivity contribution in [1.29, 1.82) is 0 Å². The van der Waals surface area contributed by atoms with Gasteiger partial charge in [0.05, 0.1) is 0 Å². The summed E-state index contributed by atoms with van der Waals surface area (Å²) >= 11 is 0. The third-order valence-electron chi connectivity index (χ3n) is 5.52. The lowest BCUT2D eigenvalue weighted by molar-refractivity contribution is 0.289. The Morgan fingerprint density at radius 1 is 0.750 bits per heavy atom. The van der Waals surface area contributed by atoms with Gasteiger partial charge in [0.25, 0.3) is 0 Å². The lowest BCUT2D eigenvalue weighted by atomic mass is 10.0. The van der Waals surface area contributed by atoms with Crippen molar-refractivity contribution < 1.29 is 5.11 Å². The van der Waals surface area contributed by atoms with Crippen LogP contribution in [0, 0.1) is 5.92 Å². The molecule has 1 aliphatic rings. The molecule has 0 spiro atoms. The van der Waals surface area contributed by atoms with Crippen LogP contribution in [0.5, 0.6) is 0 Å². The van der Waals surface area contributed by atoms with Gasteiger partial charge >= 0.3 is 0 Å². The van der Waals surface area contributed by atoms with E-state index in [0.29, 0.717) is 6.61 Å². The van der Waals surface area contributed by atoms with E-state index >= 15 is 0 Å². The van der Waals surface area contributed by atoms with Crippen LogP contribution in [0.3, 0.4) is 0 Å². The van der Waals surface area contributed by atoms with Crippen LogP contribution >= 0.6 is 0 Å². The second kappa shape index (κ2) is 16.2. The maximum atomic E-state index is 8.78. The average Bonchev–Trinajstić information content (AvgIpc) is 3.34. The minimum absolute atomic E-state index is 0.341. The number of hydrogen-bond donors (Lipinski definition) is 1. The highest BCUT2D eigenvalue weighted by Crippen LogP contribution is 2.42. The molecule has 0 saturated heterocycles. The minimum Gasteiger partial charge on any atom is -0.396 e. The van der Waals surface area contributed by atoms with Crippen LogP contribution in [0.15, 0.2) is 11.6 Å². The molecule has 1 heteroatoms. The summed E-state index contributed by atoms with van der Waals surface area (Å²) in [6.07, 6.45) is 27.5. The van der Waals surface area contributed by atoms with E-state index in [-0.39, 0.29) is 0 Å². The number of hydrogen-bond acceptors (Lipinski definition) is 1. The van der Waals surface area contributed by atoms with Crippen LogP contribution in [-0.4, -0.2) is 11.7 Å². The molecule has 0 aromatic rings. The van der Waals surface area contributed by atoms with Gasteiger partial charge < -0.3 is 5.11 Å². The molecule has 0 heterocycles. The van der Waals surface area contributed by atoms with Crippen molar-refractivity contribution in [2.75, 3.05) is 6.61 Å². The summed E-state index contributed by atoms with van der Waals surface area (Å²) in [5.74, 6) is 0.918. The highest BCUT2D eigenvalue weighted by Gasteiger charge is 2.27. The van der Waals surface area contributed by atoms with Crippen LogP contribution in [0.1, 0.15) is 122 Å². The fourth-order valence-corrected chi connectivity index (χ4v) is 3.73. The third-order valence-corrected chi connectivity index (χ3v) is 5.52. The molecule has 0 bridgehead atoms. The van der Waals surface area contributed by atoms with Crippen LogP contribution in [0.2, 0.25) is 0 Å². The van der Waals surface area contributed by atoms with Crippen LogP contribution in [0.25, 0.3) is 0 Å². The Morgan fingerprint density at radius 3 is 1.75 bits per heavy atom. The van der Waals surface area contributed by atoms with E-state index in [2.05, 4.69) is 13.0 Å². The van der Waals surface area contributed by atoms with Gasteiger partial charge in [0.15, 0.2) is 0 Å². The first-order valence-electron chi connectivity index (χ1n) is 11.2. The first kappa shape index (κ1) is 21.7. The molecule has 1 nitrogen and oxygen atoms in total. The highest BCUT2D eigenvalue weighted by atomic mass is 16.2. The van der Waals surface area contributed by atoms with Gasteiger partial charge in [0, 0.05) is 6.61 Å². The van der Waals surface area contributed by atoms with Gasteiger partial charge in [-0.05, 0) is 31.6 Å². The Morgan fingerprint density at radius 2 is 1.25 bits per heavy atom. The van der Waals surface area contributed by atoms with Gasteiger partial charge in [-0.3, -0.25) is 0 Å². The van der Waals surface area contributed by atoms with Crippen molar-refractivity contribution in [2.45, 2.75) is 122 Å². The number of allylic oxidation sites excluding steroid dienone is 2. The highest BCUT2D eigenvalue weighted by molar-refractivity contribution is 5.22. The van der Waals surface area contributed by atoms with E-state index in [1.807, 2.05) is 0 Å². The summed E-state index contributed by atoms with van der Waals surface area (Å²) in [4.78, 5) is 0. The molecule has 1 fully saturated rings. The Bertz CT molecular complexity index is 294. The lowest BCUT2D eigenvalue weighted by Gasteiger charge is -2.03. The number of rotatable bonds is 18. The molecule has 1 atom stereocenters. The molecule has 1 N–H and O–H groups in total. The summed E-state index contributed by atoms with van der Waals surface area (Å²) in [6, 6.07) is 0. The number of unbranched alkanes of at least 4 members (excludes halogenated alkanes) is 14. The van der Waals surface area contributed by atoms with Gasteiger partial charge in [-0.15, -0.1) is 0 Å². The van der Waals surface area contributed by atoms with Gasteiger partial charge in [0.1, 0.15) is 0 Å². The monoisotopic (exact) mass is 336 g/mol. The number of aliphatic hydroxyl groups is 1. The number of aliphatic hydroxyl groups excluding tert-OH is 1. The van der Waals surface area contributed by atoms with Crippen molar-refractivity contribution in [3.8, 4) is 0 Å². The lowest BCUT2D eigenvalue weighted by Crippen LogP contribution is -1.84. The van der Waals surface area contributed by atoms with Gasteiger partial charge in [0.2, 0.25) is 0 Å². The molecular formula is C23H44O. The van der Waals surface area contributed by atoms with Gasteiger partial charge in [-0.2, -0.15) is 0 Å². The summed E-state index contributed by atoms with van der Waals surface area (Å²) in [6.45, 7) is 2.63. The van der Waals surface area contributed by atoms with E-state index in [1.165, 1.54) is 103 Å². The Balaban J connectivity index is 1.71. The van der Waals surface area contributed by atoms with Crippen molar-refractivity contribution in [3.63, 3.8) is 0 Å². The summed E-state index contributed by atoms with van der Waals surface area (Å²) in [5, 5.41) is 8.78. The Kier molecular flexibility index (Phi) is 14.7. The third kappa shape index (κ3) is 13.0. The van der Waals surface area contributed by atoms with Crippen molar-refractivity contribution in [3.05, 3.63) is 11.6 Å². The summed E-state index contributed by atoms with van der Waals surface area (Å²) in [7, 11) is 0. The predicted molar refractivity (Wildman–Crippen MR) is 107 cm³/mol. The zero-order valence-electron chi connectivity index (χ0n) is 16.5. The van der Waals surface area contributed by atoms with E-state index in [1.54, 1.807) is 5.57 Å². The van der Waals surface area contributed by atoms with Crippen LogP contribution < -0.4 is 0 Å². The van der Waals surface area contributed by atoms with Crippen LogP contribution in [-0.2, 0) is 0 Å².